The molecule has 0 fully saturated rings. The van der Waals surface area contributed by atoms with Crippen LogP contribution in [0.25, 0.3) is 0 Å². The highest BCUT2D eigenvalue weighted by atomic mass is 28.4. The third-order valence-electron chi connectivity index (χ3n) is 8.05. The Bertz CT molecular complexity index is 1320. The molecule has 322 valence electrons. The van der Waals surface area contributed by atoms with Crippen molar-refractivity contribution in [3.05, 3.63) is 36.4 Å². The molecule has 17 nitrogen and oxygen atoms in total. The second-order valence-corrected chi connectivity index (χ2v) is 17.7. The van der Waals surface area contributed by atoms with Crippen molar-refractivity contribution in [2.24, 2.45) is 0 Å². The lowest BCUT2D eigenvalue weighted by atomic mass is 10.2. The highest BCUT2D eigenvalue weighted by Crippen LogP contribution is 2.33. The summed E-state index contributed by atoms with van der Waals surface area (Å²) in [7, 11) is -5.59. The summed E-state index contributed by atoms with van der Waals surface area (Å²) >= 11 is 0. The van der Waals surface area contributed by atoms with Gasteiger partial charge in [0.25, 0.3) is 0 Å². The van der Waals surface area contributed by atoms with Gasteiger partial charge in [-0.15, -0.1) is 0 Å². The number of carbonyl (C=O) groups excluding carboxylic acids is 2. The van der Waals surface area contributed by atoms with Crippen molar-refractivity contribution < 1.29 is 59.8 Å². The van der Waals surface area contributed by atoms with Gasteiger partial charge in [0, 0.05) is 88.3 Å². The predicted molar refractivity (Wildman–Crippen MR) is 220 cm³/mol. The van der Waals surface area contributed by atoms with E-state index in [1.807, 2.05) is 41.5 Å². The minimum Gasteiger partial charge on any atom is -0.487 e. The van der Waals surface area contributed by atoms with Gasteiger partial charge in [-0.2, -0.15) is 0 Å². The lowest BCUT2D eigenvalue weighted by Gasteiger charge is -2.28. The Balaban J connectivity index is 1.57. The van der Waals surface area contributed by atoms with Crippen molar-refractivity contribution in [2.75, 3.05) is 103 Å². The largest absolute Gasteiger partial charge is 0.500 e. The van der Waals surface area contributed by atoms with Crippen LogP contribution in [0.1, 0.15) is 54.4 Å². The normalized spacial score (nSPS) is 13.9. The molecule has 1 aliphatic heterocycles. The van der Waals surface area contributed by atoms with Crippen LogP contribution < -0.4 is 40.2 Å². The number of hydrogen-bond donors (Lipinski definition) is 4. The number of anilines is 2. The van der Waals surface area contributed by atoms with Crippen molar-refractivity contribution in [2.45, 2.75) is 66.5 Å². The monoisotopic (exact) mass is 840 g/mol. The van der Waals surface area contributed by atoms with Gasteiger partial charge in [0.1, 0.15) is 26.4 Å². The standard InChI is InChI=1S/C38H64N4O13Si2/c1-7-50-56(51-8-2,52-9-3)27-13-19-39-37(43)41-31-15-17-33-35(29-31)48-25-26-49-36-30-32(16-18-34(36)47-24-22-45-21-23-46-33)42-38(44)40-20-14-28-57(53-10-4,54-11-5)55-12-6/h15-18,29-30H,7-14,19-28H2,1-6H3,(H2,39,41,43)(H2,40,42,44). The first-order valence-corrected chi connectivity index (χ1v) is 23.9. The number of benzene rings is 2. The Morgan fingerprint density at radius 2 is 0.842 bits per heavy atom. The smallest absolute Gasteiger partial charge is 0.487 e. The Labute approximate surface area is 339 Å². The molecule has 4 N–H and O–H groups in total. The van der Waals surface area contributed by atoms with Gasteiger partial charge in [-0.05, 0) is 78.6 Å². The molecule has 19 heteroatoms. The SMILES string of the molecule is CCO[Si](CCCNC(=O)Nc1ccc2c(c1)OCCOc1cc(NC(=O)NCCC[Si](OCC)(OCC)OCC)ccc1OCCOCCO2)(OCC)OCC. The minimum absolute atomic E-state index is 0.140. The van der Waals surface area contributed by atoms with E-state index >= 15 is 0 Å². The molecule has 0 spiro atoms. The first-order chi connectivity index (χ1) is 27.7. The van der Waals surface area contributed by atoms with E-state index in [2.05, 4.69) is 21.3 Å². The summed E-state index contributed by atoms with van der Waals surface area (Å²) in [6.07, 6.45) is 1.26. The van der Waals surface area contributed by atoms with Crippen molar-refractivity contribution in [1.82, 2.24) is 10.6 Å². The van der Waals surface area contributed by atoms with Gasteiger partial charge in [0.15, 0.2) is 23.0 Å². The maximum Gasteiger partial charge on any atom is 0.500 e. The molecule has 57 heavy (non-hydrogen) atoms. The van der Waals surface area contributed by atoms with Crippen LogP contribution >= 0.6 is 0 Å². The molecule has 0 aromatic heterocycles. The van der Waals surface area contributed by atoms with Gasteiger partial charge in [-0.1, -0.05) is 0 Å². The van der Waals surface area contributed by atoms with Crippen molar-refractivity contribution in [3.63, 3.8) is 0 Å². The number of ether oxygens (including phenoxy) is 5. The van der Waals surface area contributed by atoms with E-state index in [4.69, 9.17) is 50.2 Å². The Hall–Kier alpha value is -3.67. The zero-order valence-corrected chi connectivity index (χ0v) is 36.5. The maximum absolute atomic E-state index is 12.8. The molecule has 0 saturated heterocycles. The molecule has 0 bridgehead atoms. The third kappa shape index (κ3) is 17.4. The Morgan fingerprint density at radius 3 is 1.19 bits per heavy atom. The lowest BCUT2D eigenvalue weighted by molar-refractivity contribution is 0.0701. The molecule has 0 unspecified atom stereocenters. The van der Waals surface area contributed by atoms with Crippen molar-refractivity contribution >= 4 is 41.0 Å². The molecule has 0 aliphatic carbocycles. The summed E-state index contributed by atoms with van der Waals surface area (Å²) in [5, 5.41) is 11.5. The Kier molecular flexibility index (Phi) is 22.7. The summed E-state index contributed by atoms with van der Waals surface area (Å²) in [4.78, 5) is 25.6. The Morgan fingerprint density at radius 1 is 0.509 bits per heavy atom. The van der Waals surface area contributed by atoms with Crippen LogP contribution in [-0.4, -0.2) is 122 Å². The van der Waals surface area contributed by atoms with E-state index < -0.39 is 17.6 Å². The summed E-state index contributed by atoms with van der Waals surface area (Å²) in [5.74, 6) is 1.80. The van der Waals surface area contributed by atoms with Crippen LogP contribution in [0.15, 0.2) is 36.4 Å². The van der Waals surface area contributed by atoms with Crippen LogP contribution in [-0.2, 0) is 31.3 Å². The van der Waals surface area contributed by atoms with E-state index in [1.54, 1.807) is 36.4 Å². The number of nitrogens with one attached hydrogen (secondary N) is 4. The lowest BCUT2D eigenvalue weighted by Crippen LogP contribution is -2.46. The molecule has 1 aliphatic rings. The predicted octanol–water partition coefficient (Wildman–Crippen LogP) is 6.05. The summed E-state index contributed by atoms with van der Waals surface area (Å²) < 4.78 is 65.2. The second kappa shape index (κ2) is 27.1. The van der Waals surface area contributed by atoms with Gasteiger partial charge in [0.05, 0.1) is 13.2 Å². The van der Waals surface area contributed by atoms with Crippen LogP contribution in [0.4, 0.5) is 21.0 Å². The molecular weight excluding hydrogens is 777 g/mol. The van der Waals surface area contributed by atoms with Crippen molar-refractivity contribution in [1.29, 1.82) is 0 Å². The summed E-state index contributed by atoms with van der Waals surface area (Å²) in [5.41, 5.74) is 1.03. The first-order valence-electron chi connectivity index (χ1n) is 20.0. The zero-order valence-electron chi connectivity index (χ0n) is 34.5. The first kappa shape index (κ1) is 47.7. The molecule has 3 rings (SSSR count). The minimum atomic E-state index is -2.79. The van der Waals surface area contributed by atoms with Crippen LogP contribution in [0.3, 0.4) is 0 Å². The average molecular weight is 841 g/mol. The molecule has 0 saturated carbocycles. The van der Waals surface area contributed by atoms with E-state index in [1.165, 1.54) is 0 Å². The second-order valence-electron chi connectivity index (χ2n) is 12.3. The molecule has 2 aromatic rings. The summed E-state index contributed by atoms with van der Waals surface area (Å²) in [6, 6.07) is 10.7. The molecule has 2 aromatic carbocycles. The van der Waals surface area contributed by atoms with E-state index in [-0.39, 0.29) is 38.5 Å². The highest BCUT2D eigenvalue weighted by Gasteiger charge is 2.40. The van der Waals surface area contributed by atoms with Gasteiger partial charge < -0.3 is 71.5 Å². The number of fused-ring (bicyclic) bond motifs is 2. The van der Waals surface area contributed by atoms with E-state index in [9.17, 15) is 9.59 Å². The van der Waals surface area contributed by atoms with Gasteiger partial charge >= 0.3 is 29.7 Å². The highest BCUT2D eigenvalue weighted by molar-refractivity contribution is 6.61. The topological polar surface area (TPSA) is 184 Å². The van der Waals surface area contributed by atoms with Gasteiger partial charge in [-0.3, -0.25) is 0 Å². The third-order valence-corrected chi connectivity index (χ3v) is 14.4. The quantitative estimate of drug-likeness (QED) is 0.0795. The molecular formula is C38H64N4O13Si2. The molecule has 0 atom stereocenters. The number of amides is 4. The average Bonchev–Trinajstić information content (AvgIpc) is 3.19. The van der Waals surface area contributed by atoms with Gasteiger partial charge in [0.2, 0.25) is 0 Å². The maximum atomic E-state index is 12.8. The van der Waals surface area contributed by atoms with Crippen LogP contribution in [0.5, 0.6) is 23.0 Å². The fourth-order valence-corrected chi connectivity index (χ4v) is 11.1. The van der Waals surface area contributed by atoms with Crippen molar-refractivity contribution in [3.8, 4) is 23.0 Å². The van der Waals surface area contributed by atoms with Crippen LogP contribution in [0.2, 0.25) is 12.1 Å². The number of hydrogen-bond acceptors (Lipinski definition) is 13. The number of urea groups is 2. The fourth-order valence-electron chi connectivity index (χ4n) is 5.83. The van der Waals surface area contributed by atoms with Crippen LogP contribution in [0, 0.1) is 0 Å². The molecule has 4 amide bonds. The summed E-state index contributed by atoms with van der Waals surface area (Å²) in [6.45, 7) is 16.7. The molecule has 1 heterocycles. The fraction of sp³-hybridized carbons (Fsp3) is 0.632. The number of rotatable bonds is 22. The van der Waals surface area contributed by atoms with E-state index in [0.717, 1.165) is 0 Å². The zero-order chi connectivity index (χ0) is 41.2. The van der Waals surface area contributed by atoms with Gasteiger partial charge in [-0.25, -0.2) is 9.59 Å². The molecule has 0 radical (unpaired) electrons. The number of carbonyl (C=O) groups is 2. The van der Waals surface area contributed by atoms with E-state index in [0.29, 0.717) is 125 Å².